The van der Waals surface area contributed by atoms with E-state index in [4.69, 9.17) is 0 Å². The molecule has 3 aromatic carbocycles. The van der Waals surface area contributed by atoms with Crippen LogP contribution in [0.2, 0.25) is 0 Å². The number of aliphatic imine (C=N–C) groups is 1. The lowest BCUT2D eigenvalue weighted by atomic mass is 10.1. The van der Waals surface area contributed by atoms with E-state index in [-0.39, 0.29) is 24.8 Å². The van der Waals surface area contributed by atoms with Gasteiger partial charge in [-0.25, -0.2) is 13.8 Å². The van der Waals surface area contributed by atoms with E-state index in [9.17, 15) is 18.4 Å². The van der Waals surface area contributed by atoms with Crippen LogP contribution in [0.25, 0.3) is 11.0 Å². The van der Waals surface area contributed by atoms with Gasteiger partial charge in [-0.15, -0.1) is 0 Å². The number of rotatable bonds is 8. The number of imidazole rings is 1. The molecule has 0 saturated heterocycles. The van der Waals surface area contributed by atoms with Crippen molar-refractivity contribution in [3.05, 3.63) is 101 Å². The number of hydrogen-bond donors (Lipinski definition) is 2. The van der Waals surface area contributed by atoms with Crippen molar-refractivity contribution >= 4 is 28.7 Å². The number of hydrogen-bond acceptors (Lipinski definition) is 5. The normalized spacial score (nSPS) is 12.8. The predicted octanol–water partition coefficient (Wildman–Crippen LogP) is 3.10. The van der Waals surface area contributed by atoms with Gasteiger partial charge in [-0.05, 0) is 35.4 Å². The third-order valence-electron chi connectivity index (χ3n) is 6.27. The molecule has 5 rings (SSSR count). The molecule has 0 atom stereocenters. The summed E-state index contributed by atoms with van der Waals surface area (Å²) in [5.74, 6) is -1.33. The first kappa shape index (κ1) is 25.1. The van der Waals surface area contributed by atoms with Gasteiger partial charge in [-0.3, -0.25) is 14.6 Å². The quantitative estimate of drug-likeness (QED) is 0.377. The Labute approximate surface area is 218 Å². The van der Waals surface area contributed by atoms with Crippen LogP contribution in [-0.2, 0) is 17.9 Å². The summed E-state index contributed by atoms with van der Waals surface area (Å²) in [6, 6.07) is 18.1. The number of aromatic nitrogens is 2. The van der Waals surface area contributed by atoms with E-state index in [1.807, 2.05) is 24.3 Å². The minimum atomic E-state index is -0.706. The number of fused-ring (bicyclic) bond motifs is 1. The fraction of sp³-hybridized carbons (Fsp3) is 0.214. The molecular formula is C28H26F2N6O2. The number of nitrogens with zero attached hydrogens (tertiary/aromatic N) is 4. The lowest BCUT2D eigenvalue weighted by Gasteiger charge is -2.18. The summed E-state index contributed by atoms with van der Waals surface area (Å²) in [7, 11) is 1.67. The van der Waals surface area contributed by atoms with E-state index >= 15 is 0 Å². The highest BCUT2D eigenvalue weighted by atomic mass is 19.1. The maximum atomic E-state index is 13.8. The largest absolute Gasteiger partial charge is 0.368 e. The summed E-state index contributed by atoms with van der Waals surface area (Å²) in [5, 5.41) is 5.86. The smallest absolute Gasteiger partial charge is 0.287 e. The van der Waals surface area contributed by atoms with Crippen molar-refractivity contribution in [1.82, 2.24) is 25.1 Å². The zero-order valence-corrected chi connectivity index (χ0v) is 20.7. The standard InChI is InChI=1S/C28H26F2N6O2/c1-35(16-18-6-8-20(9-7-18)26-31-10-11-32-26)25(37)15-33-28(38)27-34-23-4-2-3-5-24(23)36(27)17-19-12-21(29)14-22(30)13-19/h2-9,12-14H,10-11,15-17H2,1H3,(H,31,32)(H,33,38). The summed E-state index contributed by atoms with van der Waals surface area (Å²) in [4.78, 5) is 36.2. The fourth-order valence-electron chi connectivity index (χ4n) is 4.38. The Morgan fingerprint density at radius 1 is 1.03 bits per heavy atom. The number of likely N-dealkylation sites (N-methyl/N-ethyl adjacent to an activating group) is 1. The topological polar surface area (TPSA) is 91.6 Å². The van der Waals surface area contributed by atoms with Gasteiger partial charge in [0.2, 0.25) is 5.91 Å². The number of nitrogens with one attached hydrogen (secondary N) is 2. The monoisotopic (exact) mass is 516 g/mol. The van der Waals surface area contributed by atoms with Gasteiger partial charge in [0.05, 0.1) is 30.7 Å². The van der Waals surface area contributed by atoms with Gasteiger partial charge < -0.3 is 20.1 Å². The van der Waals surface area contributed by atoms with Crippen molar-refractivity contribution in [2.24, 2.45) is 4.99 Å². The Morgan fingerprint density at radius 3 is 2.47 bits per heavy atom. The van der Waals surface area contributed by atoms with Crippen molar-refractivity contribution in [2.45, 2.75) is 13.1 Å². The molecule has 2 amide bonds. The number of carbonyl (C=O) groups excluding carboxylic acids is 2. The van der Waals surface area contributed by atoms with Gasteiger partial charge in [-0.2, -0.15) is 0 Å². The lowest BCUT2D eigenvalue weighted by molar-refractivity contribution is -0.129. The minimum Gasteiger partial charge on any atom is -0.368 e. The van der Waals surface area contributed by atoms with Crippen LogP contribution in [0.15, 0.2) is 71.7 Å². The third-order valence-corrected chi connectivity index (χ3v) is 6.27. The molecule has 0 radical (unpaired) electrons. The maximum absolute atomic E-state index is 13.8. The van der Waals surface area contributed by atoms with Gasteiger partial charge >= 0.3 is 0 Å². The molecule has 0 spiro atoms. The average Bonchev–Trinajstić information content (AvgIpc) is 3.56. The average molecular weight is 517 g/mol. The Balaban J connectivity index is 1.25. The molecule has 0 unspecified atom stereocenters. The molecule has 0 aliphatic carbocycles. The minimum absolute atomic E-state index is 0.0315. The highest BCUT2D eigenvalue weighted by Gasteiger charge is 2.20. The van der Waals surface area contributed by atoms with Gasteiger partial charge in [0.15, 0.2) is 5.82 Å². The predicted molar refractivity (Wildman–Crippen MR) is 140 cm³/mol. The van der Waals surface area contributed by atoms with Crippen LogP contribution < -0.4 is 10.6 Å². The summed E-state index contributed by atoms with van der Waals surface area (Å²) in [6.07, 6.45) is 0. The summed E-state index contributed by atoms with van der Waals surface area (Å²) < 4.78 is 29.1. The number of benzene rings is 3. The molecule has 10 heteroatoms. The first-order chi connectivity index (χ1) is 18.4. The molecule has 4 aromatic rings. The molecular weight excluding hydrogens is 490 g/mol. The van der Waals surface area contributed by atoms with E-state index in [1.165, 1.54) is 17.0 Å². The second-order valence-corrected chi connectivity index (χ2v) is 9.07. The van der Waals surface area contributed by atoms with E-state index in [0.717, 1.165) is 36.1 Å². The molecule has 0 bridgehead atoms. The summed E-state index contributed by atoms with van der Waals surface area (Å²) in [6.45, 7) is 1.77. The highest BCUT2D eigenvalue weighted by Crippen LogP contribution is 2.19. The van der Waals surface area contributed by atoms with Crippen molar-refractivity contribution in [1.29, 1.82) is 0 Å². The van der Waals surface area contributed by atoms with E-state index in [0.29, 0.717) is 23.1 Å². The Bertz CT molecular complexity index is 1510. The molecule has 8 nitrogen and oxygen atoms in total. The number of amides is 2. The highest BCUT2D eigenvalue weighted by molar-refractivity contribution is 5.99. The van der Waals surface area contributed by atoms with Gasteiger partial charge in [0.1, 0.15) is 17.5 Å². The molecule has 2 heterocycles. The molecule has 0 saturated carbocycles. The second-order valence-electron chi connectivity index (χ2n) is 9.07. The lowest BCUT2D eigenvalue weighted by Crippen LogP contribution is -2.38. The zero-order valence-electron chi connectivity index (χ0n) is 20.7. The van der Waals surface area contributed by atoms with Crippen LogP contribution in [0.3, 0.4) is 0 Å². The van der Waals surface area contributed by atoms with Crippen LogP contribution in [0.5, 0.6) is 0 Å². The first-order valence-electron chi connectivity index (χ1n) is 12.2. The molecule has 194 valence electrons. The van der Waals surface area contributed by atoms with Gasteiger partial charge in [0, 0.05) is 31.8 Å². The van der Waals surface area contributed by atoms with Crippen LogP contribution in [0.4, 0.5) is 8.78 Å². The fourth-order valence-corrected chi connectivity index (χ4v) is 4.38. The molecule has 38 heavy (non-hydrogen) atoms. The summed E-state index contributed by atoms with van der Waals surface area (Å²) in [5.41, 5.74) is 3.47. The number of para-hydroxylation sites is 2. The van der Waals surface area contributed by atoms with E-state index in [1.54, 1.807) is 35.9 Å². The first-order valence-corrected chi connectivity index (χ1v) is 12.2. The van der Waals surface area contributed by atoms with Crippen LogP contribution in [-0.4, -0.2) is 58.8 Å². The van der Waals surface area contributed by atoms with E-state index < -0.39 is 17.5 Å². The second kappa shape index (κ2) is 10.8. The zero-order chi connectivity index (χ0) is 26.6. The SMILES string of the molecule is CN(Cc1ccc(C2=NCCN2)cc1)C(=O)CNC(=O)c1nc2ccccc2n1Cc1cc(F)cc(F)c1. The maximum Gasteiger partial charge on any atom is 0.287 e. The molecule has 1 aliphatic heterocycles. The van der Waals surface area contributed by atoms with Crippen LogP contribution in [0, 0.1) is 11.6 Å². The van der Waals surface area contributed by atoms with Crippen molar-refractivity contribution in [2.75, 3.05) is 26.7 Å². The molecule has 1 aliphatic rings. The number of carbonyl (C=O) groups is 2. The van der Waals surface area contributed by atoms with Crippen molar-refractivity contribution < 1.29 is 18.4 Å². The Hall–Kier alpha value is -4.60. The molecule has 1 aromatic heterocycles. The molecule has 2 N–H and O–H groups in total. The van der Waals surface area contributed by atoms with Crippen molar-refractivity contribution in [3.63, 3.8) is 0 Å². The van der Waals surface area contributed by atoms with Crippen LogP contribution in [0.1, 0.15) is 27.3 Å². The van der Waals surface area contributed by atoms with Gasteiger partial charge in [-0.1, -0.05) is 36.4 Å². The van der Waals surface area contributed by atoms with Crippen LogP contribution >= 0.6 is 0 Å². The number of amidine groups is 1. The summed E-state index contributed by atoms with van der Waals surface area (Å²) >= 11 is 0. The Morgan fingerprint density at radius 2 is 1.76 bits per heavy atom. The molecule has 0 fully saturated rings. The van der Waals surface area contributed by atoms with Crippen molar-refractivity contribution in [3.8, 4) is 0 Å². The Kier molecular flexibility index (Phi) is 7.12. The number of halogens is 2. The van der Waals surface area contributed by atoms with E-state index in [2.05, 4.69) is 20.6 Å². The van der Waals surface area contributed by atoms with Gasteiger partial charge in [0.25, 0.3) is 5.91 Å². The third kappa shape index (κ3) is 5.54.